The number of H-pyrrole nitrogens is 1. The Morgan fingerprint density at radius 2 is 1.84 bits per heavy atom. The van der Waals surface area contributed by atoms with Crippen LogP contribution >= 0.6 is 24.0 Å². The second-order valence-electron chi connectivity index (χ2n) is 9.49. The minimum absolute atomic E-state index is 0. The molecule has 4 rings (SSSR count). The average Bonchev–Trinajstić information content (AvgIpc) is 3.22. The number of hydrogen-bond donors (Lipinski definition) is 3. The number of aromatic amines is 1. The van der Waals surface area contributed by atoms with Gasteiger partial charge in [0.05, 0.1) is 0 Å². The minimum atomic E-state index is 0. The Morgan fingerprint density at radius 3 is 2.56 bits per heavy atom. The van der Waals surface area contributed by atoms with Crippen molar-refractivity contribution in [2.24, 2.45) is 4.99 Å². The molecular weight excluding hydrogens is 511 g/mol. The maximum atomic E-state index is 4.52. The quantitative estimate of drug-likeness (QED) is 0.290. The molecule has 2 saturated heterocycles. The first kappa shape index (κ1) is 25.3. The van der Waals surface area contributed by atoms with Gasteiger partial charge in [-0.2, -0.15) is 0 Å². The fourth-order valence-corrected chi connectivity index (χ4v) is 5.44. The molecule has 3 heterocycles. The van der Waals surface area contributed by atoms with Crippen LogP contribution in [0.15, 0.2) is 29.4 Å². The van der Waals surface area contributed by atoms with Crippen LogP contribution in [0.1, 0.15) is 43.2 Å². The van der Waals surface area contributed by atoms with E-state index in [2.05, 4.69) is 68.8 Å². The van der Waals surface area contributed by atoms with Gasteiger partial charge in [-0.15, -0.1) is 24.0 Å². The van der Waals surface area contributed by atoms with E-state index in [-0.39, 0.29) is 29.5 Å². The number of aromatic nitrogens is 1. The molecule has 0 amide bonds. The number of benzene rings is 1. The SMILES string of the molecule is CN=C(NCCc1c[nH]c2cccc(C)c12)NCC1(N2CCCCC2)CCN(C)CC1.I. The number of rotatable bonds is 6. The Morgan fingerprint density at radius 1 is 1.09 bits per heavy atom. The van der Waals surface area contributed by atoms with Crippen LogP contribution in [0.2, 0.25) is 0 Å². The molecule has 1 aromatic heterocycles. The predicted molar refractivity (Wildman–Crippen MR) is 146 cm³/mol. The third-order valence-electron chi connectivity index (χ3n) is 7.44. The number of nitrogens with one attached hydrogen (secondary N) is 3. The maximum Gasteiger partial charge on any atom is 0.191 e. The minimum Gasteiger partial charge on any atom is -0.361 e. The molecule has 0 spiro atoms. The summed E-state index contributed by atoms with van der Waals surface area (Å²) < 4.78 is 0. The topological polar surface area (TPSA) is 58.7 Å². The highest BCUT2D eigenvalue weighted by atomic mass is 127. The second kappa shape index (κ2) is 11.7. The Bertz CT molecular complexity index is 878. The van der Waals surface area contributed by atoms with Gasteiger partial charge in [-0.1, -0.05) is 18.6 Å². The lowest BCUT2D eigenvalue weighted by molar-refractivity contribution is 0.0173. The number of aliphatic imine (C=N–C) groups is 1. The number of halogens is 1. The second-order valence-corrected chi connectivity index (χ2v) is 9.49. The molecule has 2 aromatic rings. The van der Waals surface area contributed by atoms with Gasteiger partial charge in [0, 0.05) is 42.8 Å². The monoisotopic (exact) mass is 552 g/mol. The third kappa shape index (κ3) is 5.78. The lowest BCUT2D eigenvalue weighted by Crippen LogP contribution is -2.62. The number of fused-ring (bicyclic) bond motifs is 1. The van der Waals surface area contributed by atoms with Gasteiger partial charge in [0.15, 0.2) is 5.96 Å². The summed E-state index contributed by atoms with van der Waals surface area (Å²) in [6.07, 6.45) is 9.68. The van der Waals surface area contributed by atoms with E-state index in [9.17, 15) is 0 Å². The van der Waals surface area contributed by atoms with Gasteiger partial charge in [0.25, 0.3) is 0 Å². The van der Waals surface area contributed by atoms with E-state index >= 15 is 0 Å². The number of nitrogens with zero attached hydrogens (tertiary/aromatic N) is 3. The summed E-state index contributed by atoms with van der Waals surface area (Å²) >= 11 is 0. The largest absolute Gasteiger partial charge is 0.361 e. The van der Waals surface area contributed by atoms with Crippen LogP contribution in [0.3, 0.4) is 0 Å². The van der Waals surface area contributed by atoms with Crippen molar-refractivity contribution in [1.29, 1.82) is 0 Å². The molecule has 0 aliphatic carbocycles. The van der Waals surface area contributed by atoms with E-state index in [0.29, 0.717) is 0 Å². The van der Waals surface area contributed by atoms with Crippen LogP contribution in [0, 0.1) is 6.92 Å². The van der Waals surface area contributed by atoms with Crippen molar-refractivity contribution in [3.63, 3.8) is 0 Å². The molecular formula is C25H41IN6. The summed E-state index contributed by atoms with van der Waals surface area (Å²) in [6.45, 7) is 8.91. The Balaban J connectivity index is 0.00000289. The van der Waals surface area contributed by atoms with Crippen molar-refractivity contribution in [1.82, 2.24) is 25.4 Å². The standard InChI is InChI=1S/C25H40N6.HI/c1-20-8-7-9-22-23(20)21(18-28-22)10-13-27-24(26-2)29-19-25(11-16-30(3)17-12-25)31-14-5-4-6-15-31;/h7-9,18,28H,4-6,10-17,19H2,1-3H3,(H2,26,27,29);1H. The molecule has 0 unspecified atom stereocenters. The Hall–Kier alpha value is -1.32. The summed E-state index contributed by atoms with van der Waals surface area (Å²) in [5.41, 5.74) is 4.19. The highest BCUT2D eigenvalue weighted by Gasteiger charge is 2.39. The molecule has 0 bridgehead atoms. The predicted octanol–water partition coefficient (Wildman–Crippen LogP) is 3.75. The summed E-state index contributed by atoms with van der Waals surface area (Å²) in [5.74, 6) is 0.923. The molecule has 1 aromatic carbocycles. The van der Waals surface area contributed by atoms with Crippen molar-refractivity contribution in [2.75, 3.05) is 53.4 Å². The van der Waals surface area contributed by atoms with E-state index < -0.39 is 0 Å². The van der Waals surface area contributed by atoms with Crippen LogP contribution in [0.5, 0.6) is 0 Å². The van der Waals surface area contributed by atoms with Crippen LogP contribution in [-0.4, -0.2) is 79.6 Å². The Labute approximate surface area is 210 Å². The lowest BCUT2D eigenvalue weighted by Gasteiger charge is -2.50. The smallest absolute Gasteiger partial charge is 0.191 e. The van der Waals surface area contributed by atoms with Gasteiger partial charge < -0.3 is 20.5 Å². The normalized spacial score (nSPS) is 20.2. The van der Waals surface area contributed by atoms with Crippen molar-refractivity contribution in [2.45, 2.75) is 51.0 Å². The first-order valence-electron chi connectivity index (χ1n) is 12.0. The lowest BCUT2D eigenvalue weighted by atomic mass is 9.84. The van der Waals surface area contributed by atoms with E-state index in [1.54, 1.807) is 0 Å². The third-order valence-corrected chi connectivity index (χ3v) is 7.44. The molecule has 0 saturated carbocycles. The molecule has 2 aliphatic heterocycles. The molecule has 2 fully saturated rings. The van der Waals surface area contributed by atoms with Gasteiger partial charge in [-0.05, 0) is 89.4 Å². The molecule has 32 heavy (non-hydrogen) atoms. The molecule has 3 N–H and O–H groups in total. The molecule has 0 radical (unpaired) electrons. The van der Waals surface area contributed by atoms with Gasteiger partial charge >= 0.3 is 0 Å². The first-order valence-corrected chi connectivity index (χ1v) is 12.0. The fraction of sp³-hybridized carbons (Fsp3) is 0.640. The molecule has 2 aliphatic rings. The molecule has 6 nitrogen and oxygen atoms in total. The molecule has 0 atom stereocenters. The number of aryl methyl sites for hydroxylation is 1. The maximum absolute atomic E-state index is 4.52. The highest BCUT2D eigenvalue weighted by Crippen LogP contribution is 2.31. The summed E-state index contributed by atoms with van der Waals surface area (Å²) in [4.78, 5) is 13.2. The summed E-state index contributed by atoms with van der Waals surface area (Å²) in [6, 6.07) is 6.46. The molecule has 178 valence electrons. The zero-order valence-electron chi connectivity index (χ0n) is 20.0. The molecule has 7 heteroatoms. The first-order chi connectivity index (χ1) is 15.1. The highest BCUT2D eigenvalue weighted by molar-refractivity contribution is 14.0. The number of hydrogen-bond acceptors (Lipinski definition) is 3. The van der Waals surface area contributed by atoms with Crippen molar-refractivity contribution < 1.29 is 0 Å². The van der Waals surface area contributed by atoms with Gasteiger partial charge in [0.1, 0.15) is 0 Å². The zero-order valence-corrected chi connectivity index (χ0v) is 22.4. The fourth-order valence-electron chi connectivity index (χ4n) is 5.44. The van der Waals surface area contributed by atoms with Crippen LogP contribution in [0.4, 0.5) is 0 Å². The van der Waals surface area contributed by atoms with Gasteiger partial charge in [-0.3, -0.25) is 9.89 Å². The van der Waals surface area contributed by atoms with E-state index in [4.69, 9.17) is 0 Å². The van der Waals surface area contributed by atoms with E-state index in [1.165, 1.54) is 80.3 Å². The van der Waals surface area contributed by atoms with E-state index in [0.717, 1.165) is 25.5 Å². The summed E-state index contributed by atoms with van der Waals surface area (Å²) in [5, 5.41) is 8.61. The zero-order chi connectivity index (χ0) is 21.7. The van der Waals surface area contributed by atoms with Crippen LogP contribution < -0.4 is 10.6 Å². The van der Waals surface area contributed by atoms with Crippen LogP contribution in [-0.2, 0) is 6.42 Å². The number of likely N-dealkylation sites (tertiary alicyclic amines) is 2. The number of guanidine groups is 1. The average molecular weight is 553 g/mol. The van der Waals surface area contributed by atoms with Crippen molar-refractivity contribution in [3.05, 3.63) is 35.5 Å². The Kier molecular flexibility index (Phi) is 9.25. The van der Waals surface area contributed by atoms with Gasteiger partial charge in [0.2, 0.25) is 0 Å². The van der Waals surface area contributed by atoms with Crippen molar-refractivity contribution >= 4 is 40.8 Å². The number of piperidine rings is 2. The summed E-state index contributed by atoms with van der Waals surface area (Å²) in [7, 11) is 4.13. The van der Waals surface area contributed by atoms with E-state index in [1.807, 2.05) is 7.05 Å². The van der Waals surface area contributed by atoms with Crippen LogP contribution in [0.25, 0.3) is 10.9 Å². The van der Waals surface area contributed by atoms with Gasteiger partial charge in [-0.25, -0.2) is 0 Å². The van der Waals surface area contributed by atoms with Crippen molar-refractivity contribution in [3.8, 4) is 0 Å².